The summed E-state index contributed by atoms with van der Waals surface area (Å²) in [6, 6.07) is 15.0. The second-order valence-corrected chi connectivity index (χ2v) is 6.02. The van der Waals surface area contributed by atoms with Crippen molar-refractivity contribution >= 4 is 34.2 Å². The fraction of sp³-hybridized carbons (Fsp3) is 0.158. The molecule has 3 aromatic rings. The number of nitrogens with one attached hydrogen (secondary N) is 1. The number of nitrogens with zero attached hydrogens (tertiary/aromatic N) is 1. The number of carbonyl (C=O) groups is 2. The molecule has 1 aromatic heterocycles. The molecule has 0 saturated heterocycles. The van der Waals surface area contributed by atoms with Crippen molar-refractivity contribution in [3.05, 3.63) is 70.9 Å². The van der Waals surface area contributed by atoms with Gasteiger partial charge in [0.2, 0.25) is 5.91 Å². The SMILES string of the molecule is CC(=O)c1cn(CC(=O)NCc2ccccc2Cl)c2ccccc12. The average molecular weight is 341 g/mol. The van der Waals surface area contributed by atoms with Gasteiger partial charge in [0.15, 0.2) is 5.78 Å². The van der Waals surface area contributed by atoms with Crippen molar-refractivity contribution in [2.24, 2.45) is 0 Å². The van der Waals surface area contributed by atoms with Crippen molar-refractivity contribution in [2.75, 3.05) is 0 Å². The quantitative estimate of drug-likeness (QED) is 0.718. The van der Waals surface area contributed by atoms with Gasteiger partial charge in [0.05, 0.1) is 0 Å². The molecule has 122 valence electrons. The number of aromatic nitrogens is 1. The number of ketones is 1. The summed E-state index contributed by atoms with van der Waals surface area (Å²) in [5, 5.41) is 4.35. The second kappa shape index (κ2) is 6.89. The molecule has 0 aliphatic heterocycles. The Hall–Kier alpha value is -2.59. The first kappa shape index (κ1) is 16.3. The Bertz CT molecular complexity index is 915. The second-order valence-electron chi connectivity index (χ2n) is 5.61. The van der Waals surface area contributed by atoms with Crippen molar-refractivity contribution in [2.45, 2.75) is 20.0 Å². The smallest absolute Gasteiger partial charge is 0.240 e. The molecule has 24 heavy (non-hydrogen) atoms. The van der Waals surface area contributed by atoms with Crippen LogP contribution in [-0.4, -0.2) is 16.3 Å². The lowest BCUT2D eigenvalue weighted by molar-refractivity contribution is -0.121. The number of hydrogen-bond donors (Lipinski definition) is 1. The Morgan fingerprint density at radius 2 is 1.79 bits per heavy atom. The molecule has 1 N–H and O–H groups in total. The molecule has 1 amide bonds. The van der Waals surface area contributed by atoms with Gasteiger partial charge in [-0.2, -0.15) is 0 Å². The number of carbonyl (C=O) groups excluding carboxylic acids is 2. The van der Waals surface area contributed by atoms with E-state index in [9.17, 15) is 9.59 Å². The normalized spacial score (nSPS) is 10.8. The number of benzene rings is 2. The van der Waals surface area contributed by atoms with Gasteiger partial charge in [0.25, 0.3) is 0 Å². The highest BCUT2D eigenvalue weighted by Crippen LogP contribution is 2.21. The summed E-state index contributed by atoms with van der Waals surface area (Å²) in [7, 11) is 0. The first-order chi connectivity index (χ1) is 11.6. The van der Waals surface area contributed by atoms with E-state index in [0.717, 1.165) is 16.5 Å². The first-order valence-corrected chi connectivity index (χ1v) is 8.03. The molecule has 0 saturated carbocycles. The Morgan fingerprint density at radius 3 is 2.54 bits per heavy atom. The fourth-order valence-corrected chi connectivity index (χ4v) is 2.91. The molecule has 0 spiro atoms. The van der Waals surface area contributed by atoms with Crippen LogP contribution in [0.25, 0.3) is 10.9 Å². The third-order valence-corrected chi connectivity index (χ3v) is 4.28. The van der Waals surface area contributed by atoms with Crippen LogP contribution < -0.4 is 5.32 Å². The lowest BCUT2D eigenvalue weighted by Gasteiger charge is -2.08. The molecular weight excluding hydrogens is 324 g/mol. The molecule has 1 heterocycles. The highest BCUT2D eigenvalue weighted by atomic mass is 35.5. The summed E-state index contributed by atoms with van der Waals surface area (Å²) in [5.74, 6) is -0.146. The summed E-state index contributed by atoms with van der Waals surface area (Å²) >= 11 is 6.09. The molecule has 0 fully saturated rings. The van der Waals surface area contributed by atoms with E-state index in [2.05, 4.69) is 5.32 Å². The third kappa shape index (κ3) is 3.34. The highest BCUT2D eigenvalue weighted by molar-refractivity contribution is 6.31. The number of Topliss-reactive ketones (excluding diaryl/α,β-unsaturated/α-hetero) is 1. The number of para-hydroxylation sites is 1. The Kier molecular flexibility index (Phi) is 4.67. The van der Waals surface area contributed by atoms with Crippen molar-refractivity contribution in [1.29, 1.82) is 0 Å². The molecule has 2 aromatic carbocycles. The van der Waals surface area contributed by atoms with E-state index in [4.69, 9.17) is 11.6 Å². The molecule has 4 nitrogen and oxygen atoms in total. The van der Waals surface area contributed by atoms with Crippen molar-refractivity contribution in [3.8, 4) is 0 Å². The minimum atomic E-state index is -0.134. The molecule has 0 aliphatic rings. The lowest BCUT2D eigenvalue weighted by Crippen LogP contribution is -2.27. The molecule has 0 bridgehead atoms. The summed E-state index contributed by atoms with van der Waals surface area (Å²) < 4.78 is 1.80. The fourth-order valence-electron chi connectivity index (χ4n) is 2.70. The van der Waals surface area contributed by atoms with Crippen LogP contribution in [0.15, 0.2) is 54.7 Å². The van der Waals surface area contributed by atoms with Crippen molar-refractivity contribution < 1.29 is 9.59 Å². The molecule has 0 aliphatic carbocycles. The Labute approximate surface area is 145 Å². The van der Waals surface area contributed by atoms with Gasteiger partial charge in [-0.15, -0.1) is 0 Å². The minimum Gasteiger partial charge on any atom is -0.350 e. The van der Waals surface area contributed by atoms with Gasteiger partial charge in [-0.25, -0.2) is 0 Å². The minimum absolute atomic E-state index is 0.0126. The van der Waals surface area contributed by atoms with E-state index in [1.165, 1.54) is 6.92 Å². The molecule has 0 atom stereocenters. The van der Waals surface area contributed by atoms with Gasteiger partial charge in [-0.1, -0.05) is 48.0 Å². The predicted molar refractivity (Wildman–Crippen MR) is 95.2 cm³/mol. The van der Waals surface area contributed by atoms with Gasteiger partial charge in [0.1, 0.15) is 6.54 Å². The van der Waals surface area contributed by atoms with Gasteiger partial charge in [-0.3, -0.25) is 9.59 Å². The van der Waals surface area contributed by atoms with E-state index in [1.807, 2.05) is 42.5 Å². The van der Waals surface area contributed by atoms with E-state index in [0.29, 0.717) is 17.1 Å². The van der Waals surface area contributed by atoms with E-state index in [-0.39, 0.29) is 18.2 Å². The summed E-state index contributed by atoms with van der Waals surface area (Å²) in [6.07, 6.45) is 1.74. The van der Waals surface area contributed by atoms with Crippen LogP contribution in [0.2, 0.25) is 5.02 Å². The number of halogens is 1. The van der Waals surface area contributed by atoms with Crippen LogP contribution in [0.3, 0.4) is 0 Å². The first-order valence-electron chi connectivity index (χ1n) is 7.65. The van der Waals surface area contributed by atoms with Crippen LogP contribution in [0.4, 0.5) is 0 Å². The van der Waals surface area contributed by atoms with E-state index >= 15 is 0 Å². The zero-order chi connectivity index (χ0) is 17.1. The largest absolute Gasteiger partial charge is 0.350 e. The molecule has 0 radical (unpaired) electrons. The zero-order valence-electron chi connectivity index (χ0n) is 13.3. The van der Waals surface area contributed by atoms with Gasteiger partial charge in [-0.05, 0) is 24.6 Å². The van der Waals surface area contributed by atoms with Crippen molar-refractivity contribution in [3.63, 3.8) is 0 Å². The average Bonchev–Trinajstić information content (AvgIpc) is 2.93. The van der Waals surface area contributed by atoms with Crippen LogP contribution in [-0.2, 0) is 17.9 Å². The number of fused-ring (bicyclic) bond motifs is 1. The van der Waals surface area contributed by atoms with Crippen LogP contribution in [0, 0.1) is 0 Å². The van der Waals surface area contributed by atoms with Gasteiger partial charge < -0.3 is 9.88 Å². The number of amides is 1. The third-order valence-electron chi connectivity index (χ3n) is 3.92. The maximum absolute atomic E-state index is 12.3. The van der Waals surface area contributed by atoms with Crippen LogP contribution in [0.5, 0.6) is 0 Å². The topological polar surface area (TPSA) is 51.1 Å². The molecule has 3 rings (SSSR count). The Balaban J connectivity index is 1.76. The lowest BCUT2D eigenvalue weighted by atomic mass is 10.1. The number of hydrogen-bond acceptors (Lipinski definition) is 2. The maximum Gasteiger partial charge on any atom is 0.240 e. The molecule has 5 heteroatoms. The standard InChI is InChI=1S/C19H17ClN2O2/c1-13(23)16-11-22(18-9-5-3-7-15(16)18)12-19(24)21-10-14-6-2-4-8-17(14)20/h2-9,11H,10,12H2,1H3,(H,21,24). The molecular formula is C19H17ClN2O2. The van der Waals surface area contributed by atoms with Crippen molar-refractivity contribution in [1.82, 2.24) is 9.88 Å². The van der Waals surface area contributed by atoms with E-state index < -0.39 is 0 Å². The van der Waals surface area contributed by atoms with Gasteiger partial charge in [0, 0.05) is 34.2 Å². The summed E-state index contributed by atoms with van der Waals surface area (Å²) in [5.41, 5.74) is 2.37. The van der Waals surface area contributed by atoms with Gasteiger partial charge >= 0.3 is 0 Å². The summed E-state index contributed by atoms with van der Waals surface area (Å²) in [6.45, 7) is 2.05. The predicted octanol–water partition coefficient (Wildman–Crippen LogP) is 3.81. The Morgan fingerprint density at radius 1 is 1.08 bits per heavy atom. The summed E-state index contributed by atoms with van der Waals surface area (Å²) in [4.78, 5) is 24.0. The number of rotatable bonds is 5. The van der Waals surface area contributed by atoms with Crippen LogP contribution in [0.1, 0.15) is 22.8 Å². The molecule has 0 unspecified atom stereocenters. The maximum atomic E-state index is 12.3. The zero-order valence-corrected chi connectivity index (χ0v) is 14.0. The monoisotopic (exact) mass is 340 g/mol. The highest BCUT2D eigenvalue weighted by Gasteiger charge is 2.13. The van der Waals surface area contributed by atoms with E-state index in [1.54, 1.807) is 16.8 Å². The van der Waals surface area contributed by atoms with Crippen LogP contribution >= 0.6 is 11.6 Å².